The maximum atomic E-state index is 5.99. The zero-order valence-electron chi connectivity index (χ0n) is 10.2. The van der Waals surface area contributed by atoms with E-state index in [4.69, 9.17) is 11.6 Å². The lowest BCUT2D eigenvalue weighted by atomic mass is 10.2. The summed E-state index contributed by atoms with van der Waals surface area (Å²) in [7, 11) is 1.93. The molecule has 1 aromatic heterocycles. The maximum absolute atomic E-state index is 5.99. The first-order valence-electron chi connectivity index (χ1n) is 5.78. The number of aryl methyl sites for hydroxylation is 1. The monoisotopic (exact) mass is 335 g/mol. The summed E-state index contributed by atoms with van der Waals surface area (Å²) in [5, 5.41) is 9.56. The van der Waals surface area contributed by atoms with Crippen LogP contribution in [0.25, 0.3) is 10.9 Å². The lowest BCUT2D eigenvalue weighted by molar-refractivity contribution is 0.801. The van der Waals surface area contributed by atoms with Gasteiger partial charge < -0.3 is 5.32 Å². The number of nitrogens with zero attached hydrogens (tertiary/aromatic N) is 2. The van der Waals surface area contributed by atoms with Crippen molar-refractivity contribution in [3.05, 3.63) is 52.0 Å². The van der Waals surface area contributed by atoms with Crippen molar-refractivity contribution < 1.29 is 0 Å². The largest absolute Gasteiger partial charge is 0.338 e. The second-order valence-electron chi connectivity index (χ2n) is 4.27. The van der Waals surface area contributed by atoms with Gasteiger partial charge in [0.2, 0.25) is 0 Å². The standard InChI is InChI=1S/C14H11BrClN3/c1-19-13-6-5-9(15)7-12(13)14(18-19)17-11-4-2-3-10(16)8-11/h2-8H,1H3,(H,17,18). The van der Waals surface area contributed by atoms with Crippen LogP contribution in [0.5, 0.6) is 0 Å². The van der Waals surface area contributed by atoms with Crippen molar-refractivity contribution in [3.8, 4) is 0 Å². The topological polar surface area (TPSA) is 29.9 Å². The van der Waals surface area contributed by atoms with Crippen molar-refractivity contribution in [1.29, 1.82) is 0 Å². The Morgan fingerprint density at radius 1 is 1.21 bits per heavy atom. The van der Waals surface area contributed by atoms with Crippen molar-refractivity contribution in [2.75, 3.05) is 5.32 Å². The number of aromatic nitrogens is 2. The average molecular weight is 337 g/mol. The van der Waals surface area contributed by atoms with Crippen LogP contribution in [0.4, 0.5) is 11.5 Å². The molecule has 1 N–H and O–H groups in total. The molecule has 0 saturated heterocycles. The molecular formula is C14H11BrClN3. The summed E-state index contributed by atoms with van der Waals surface area (Å²) in [6.07, 6.45) is 0. The minimum Gasteiger partial charge on any atom is -0.338 e. The van der Waals surface area contributed by atoms with Gasteiger partial charge in [-0.05, 0) is 36.4 Å². The van der Waals surface area contributed by atoms with Crippen LogP contribution in [-0.4, -0.2) is 9.78 Å². The fraction of sp³-hybridized carbons (Fsp3) is 0.0714. The Morgan fingerprint density at radius 3 is 2.84 bits per heavy atom. The lowest BCUT2D eigenvalue weighted by Crippen LogP contribution is -1.93. The summed E-state index contributed by atoms with van der Waals surface area (Å²) < 4.78 is 2.89. The number of hydrogen-bond acceptors (Lipinski definition) is 2. The SMILES string of the molecule is Cn1nc(Nc2cccc(Cl)c2)c2cc(Br)ccc21. The Hall–Kier alpha value is -1.52. The number of nitrogens with one attached hydrogen (secondary N) is 1. The third-order valence-electron chi connectivity index (χ3n) is 2.90. The van der Waals surface area contributed by atoms with Gasteiger partial charge in [-0.2, -0.15) is 5.10 Å². The summed E-state index contributed by atoms with van der Waals surface area (Å²) in [5.41, 5.74) is 2.00. The van der Waals surface area contributed by atoms with Gasteiger partial charge in [-0.25, -0.2) is 0 Å². The maximum Gasteiger partial charge on any atom is 0.160 e. The molecule has 5 heteroatoms. The molecule has 0 amide bonds. The van der Waals surface area contributed by atoms with E-state index < -0.39 is 0 Å². The van der Waals surface area contributed by atoms with Gasteiger partial charge in [-0.1, -0.05) is 33.6 Å². The summed E-state index contributed by atoms with van der Waals surface area (Å²) in [6.45, 7) is 0. The second kappa shape index (κ2) is 4.87. The van der Waals surface area contributed by atoms with Crippen molar-refractivity contribution in [2.24, 2.45) is 7.05 Å². The van der Waals surface area contributed by atoms with E-state index in [0.717, 1.165) is 26.9 Å². The number of hydrogen-bond donors (Lipinski definition) is 1. The molecule has 0 aliphatic carbocycles. The lowest BCUT2D eigenvalue weighted by Gasteiger charge is -2.03. The molecule has 3 nitrogen and oxygen atoms in total. The Kier molecular flexibility index (Phi) is 3.21. The van der Waals surface area contributed by atoms with Crippen LogP contribution < -0.4 is 5.32 Å². The average Bonchev–Trinajstić information content (AvgIpc) is 2.66. The predicted octanol–water partition coefficient (Wildman–Crippen LogP) is 4.73. The fourth-order valence-electron chi connectivity index (χ4n) is 2.03. The van der Waals surface area contributed by atoms with E-state index in [9.17, 15) is 0 Å². The highest BCUT2D eigenvalue weighted by Gasteiger charge is 2.09. The minimum atomic E-state index is 0.700. The minimum absolute atomic E-state index is 0.700. The molecule has 19 heavy (non-hydrogen) atoms. The van der Waals surface area contributed by atoms with E-state index in [2.05, 4.69) is 32.4 Å². The van der Waals surface area contributed by atoms with Crippen LogP contribution in [0.15, 0.2) is 46.9 Å². The third kappa shape index (κ3) is 2.46. The van der Waals surface area contributed by atoms with E-state index in [1.165, 1.54) is 0 Å². The third-order valence-corrected chi connectivity index (χ3v) is 3.63. The van der Waals surface area contributed by atoms with Crippen LogP contribution in [0.3, 0.4) is 0 Å². The van der Waals surface area contributed by atoms with Crippen molar-refractivity contribution in [1.82, 2.24) is 9.78 Å². The molecule has 0 atom stereocenters. The van der Waals surface area contributed by atoms with Crippen molar-refractivity contribution in [2.45, 2.75) is 0 Å². The molecular weight excluding hydrogens is 326 g/mol. The van der Waals surface area contributed by atoms with Gasteiger partial charge in [0.1, 0.15) is 0 Å². The molecule has 0 saturated carbocycles. The molecule has 1 heterocycles. The van der Waals surface area contributed by atoms with Gasteiger partial charge in [0.25, 0.3) is 0 Å². The second-order valence-corrected chi connectivity index (χ2v) is 5.62. The molecule has 0 bridgehead atoms. The van der Waals surface area contributed by atoms with Gasteiger partial charge in [-0.15, -0.1) is 0 Å². The molecule has 0 radical (unpaired) electrons. The molecule has 3 rings (SSSR count). The molecule has 3 aromatic rings. The number of halogens is 2. The van der Waals surface area contributed by atoms with Gasteiger partial charge in [-0.3, -0.25) is 4.68 Å². The first-order valence-corrected chi connectivity index (χ1v) is 6.95. The van der Waals surface area contributed by atoms with Crippen molar-refractivity contribution in [3.63, 3.8) is 0 Å². The van der Waals surface area contributed by atoms with Crippen LogP contribution in [0.2, 0.25) is 5.02 Å². The summed E-state index contributed by atoms with van der Waals surface area (Å²) >= 11 is 9.47. The highest BCUT2D eigenvalue weighted by molar-refractivity contribution is 9.10. The predicted molar refractivity (Wildman–Crippen MR) is 83.1 cm³/mol. The molecule has 0 spiro atoms. The normalized spacial score (nSPS) is 10.9. The summed E-state index contributed by atoms with van der Waals surface area (Å²) in [4.78, 5) is 0. The van der Waals surface area contributed by atoms with E-state index >= 15 is 0 Å². The molecule has 0 unspecified atom stereocenters. The number of rotatable bonds is 2. The van der Waals surface area contributed by atoms with Gasteiger partial charge >= 0.3 is 0 Å². The zero-order valence-corrected chi connectivity index (χ0v) is 12.5. The van der Waals surface area contributed by atoms with Crippen molar-refractivity contribution >= 4 is 49.9 Å². The van der Waals surface area contributed by atoms with Crippen LogP contribution >= 0.6 is 27.5 Å². The highest BCUT2D eigenvalue weighted by Crippen LogP contribution is 2.28. The van der Waals surface area contributed by atoms with Gasteiger partial charge in [0.15, 0.2) is 5.82 Å². The molecule has 96 valence electrons. The zero-order chi connectivity index (χ0) is 13.4. The number of benzene rings is 2. The Balaban J connectivity index is 2.08. The first-order chi connectivity index (χ1) is 9.13. The molecule has 2 aromatic carbocycles. The molecule has 0 aliphatic heterocycles. The van der Waals surface area contributed by atoms with E-state index in [0.29, 0.717) is 5.02 Å². The van der Waals surface area contributed by atoms with Crippen LogP contribution in [0.1, 0.15) is 0 Å². The Labute approximate surface area is 124 Å². The first kappa shape index (κ1) is 12.5. The Bertz CT molecular complexity index is 752. The van der Waals surface area contributed by atoms with Crippen LogP contribution in [0, 0.1) is 0 Å². The van der Waals surface area contributed by atoms with Gasteiger partial charge in [0.05, 0.1) is 5.52 Å². The van der Waals surface area contributed by atoms with Gasteiger partial charge in [0, 0.05) is 27.6 Å². The number of anilines is 2. The highest BCUT2D eigenvalue weighted by atomic mass is 79.9. The number of fused-ring (bicyclic) bond motifs is 1. The quantitative estimate of drug-likeness (QED) is 0.733. The fourth-order valence-corrected chi connectivity index (χ4v) is 2.58. The van der Waals surface area contributed by atoms with Crippen LogP contribution in [-0.2, 0) is 7.05 Å². The summed E-state index contributed by atoms with van der Waals surface area (Å²) in [5.74, 6) is 0.820. The summed E-state index contributed by atoms with van der Waals surface area (Å²) in [6, 6.07) is 13.7. The molecule has 0 fully saturated rings. The van der Waals surface area contributed by atoms with E-state index in [1.54, 1.807) is 0 Å². The molecule has 0 aliphatic rings. The van der Waals surface area contributed by atoms with E-state index in [-0.39, 0.29) is 0 Å². The Morgan fingerprint density at radius 2 is 2.05 bits per heavy atom. The smallest absolute Gasteiger partial charge is 0.160 e. The van der Waals surface area contributed by atoms with E-state index in [1.807, 2.05) is 48.1 Å².